The van der Waals surface area contributed by atoms with Crippen LogP contribution in [0.15, 0.2) is 61.7 Å². The van der Waals surface area contributed by atoms with E-state index < -0.39 is 40.6 Å². The molecule has 2 aromatic carbocycles. The molecule has 0 bridgehead atoms. The Morgan fingerprint density at radius 1 is 0.737 bits per heavy atom. The maximum Gasteiger partial charge on any atom is 0.137 e. The molecule has 0 aliphatic heterocycles. The maximum absolute atomic E-state index is 13.9. The van der Waals surface area contributed by atoms with Crippen molar-refractivity contribution < 1.29 is 32.9 Å². The van der Waals surface area contributed by atoms with Crippen LogP contribution in [0.1, 0.15) is 31.9 Å². The summed E-state index contributed by atoms with van der Waals surface area (Å²) in [5.41, 5.74) is -3.55. The Hall–Kier alpha value is -3.68. The van der Waals surface area contributed by atoms with Gasteiger partial charge in [0.1, 0.15) is 59.8 Å². The summed E-state index contributed by atoms with van der Waals surface area (Å²) in [5.74, 6) is -3.40. The average Bonchev–Trinajstić information content (AvgIpc) is 3.53. The first-order valence-electron chi connectivity index (χ1n) is 11.6. The van der Waals surface area contributed by atoms with E-state index in [1.165, 1.54) is 47.7 Å². The van der Waals surface area contributed by atoms with Crippen LogP contribution in [0.4, 0.5) is 17.6 Å². The summed E-state index contributed by atoms with van der Waals surface area (Å²) >= 11 is 0. The number of rotatable bonds is 8. The van der Waals surface area contributed by atoms with E-state index in [0.29, 0.717) is 6.07 Å². The van der Waals surface area contributed by atoms with Crippen LogP contribution in [-0.2, 0) is 24.3 Å². The van der Waals surface area contributed by atoms with E-state index in [2.05, 4.69) is 20.2 Å². The minimum atomic E-state index is -1.93. The number of nitrogens with zero attached hydrogens (tertiary/aromatic N) is 6. The zero-order chi connectivity index (χ0) is 28.1. The Kier molecular flexibility index (Phi) is 8.97. The van der Waals surface area contributed by atoms with Crippen LogP contribution in [0.25, 0.3) is 0 Å². The average molecular weight is 537 g/mol. The van der Waals surface area contributed by atoms with Crippen molar-refractivity contribution in [3.63, 3.8) is 0 Å². The van der Waals surface area contributed by atoms with Crippen LogP contribution >= 0.6 is 0 Å². The van der Waals surface area contributed by atoms with Crippen molar-refractivity contribution in [2.45, 2.75) is 51.2 Å². The zero-order valence-electron chi connectivity index (χ0n) is 20.9. The van der Waals surface area contributed by atoms with Crippen LogP contribution in [0.2, 0.25) is 0 Å². The van der Waals surface area contributed by atoms with Gasteiger partial charge >= 0.3 is 0 Å². The monoisotopic (exact) mass is 536 g/mol. The Labute approximate surface area is 216 Å². The first kappa shape index (κ1) is 28.9. The number of aromatic nitrogens is 6. The van der Waals surface area contributed by atoms with Gasteiger partial charge in [-0.1, -0.05) is 26.0 Å². The number of hydrogen-bond acceptors (Lipinski definition) is 7. The first-order chi connectivity index (χ1) is 17.9. The summed E-state index contributed by atoms with van der Waals surface area (Å²) in [5, 5.41) is 38.7. The fourth-order valence-electron chi connectivity index (χ4n) is 3.82. The molecule has 204 valence electrons. The fraction of sp³-hybridized carbons (Fsp3) is 0.360. The van der Waals surface area contributed by atoms with Crippen LogP contribution in [-0.4, -0.2) is 51.0 Å². The highest BCUT2D eigenvalue weighted by Crippen LogP contribution is 2.33. The van der Waals surface area contributed by atoms with Crippen LogP contribution < -0.4 is 0 Å². The molecule has 0 unspecified atom stereocenters. The van der Waals surface area contributed by atoms with Crippen LogP contribution in [0.3, 0.4) is 0 Å². The van der Waals surface area contributed by atoms with Crippen molar-refractivity contribution in [2.24, 2.45) is 5.92 Å². The summed E-state index contributed by atoms with van der Waals surface area (Å²) in [7, 11) is 0. The van der Waals surface area contributed by atoms with Gasteiger partial charge in [-0.3, -0.25) is 0 Å². The lowest BCUT2D eigenvalue weighted by molar-refractivity contribution is -0.0874. The fourth-order valence-corrected chi connectivity index (χ4v) is 3.82. The van der Waals surface area contributed by atoms with Crippen molar-refractivity contribution in [1.29, 1.82) is 0 Å². The van der Waals surface area contributed by atoms with Gasteiger partial charge in [0, 0.05) is 23.3 Å². The molecule has 4 aromatic rings. The zero-order valence-corrected chi connectivity index (χ0v) is 20.9. The highest BCUT2D eigenvalue weighted by molar-refractivity contribution is 5.27. The van der Waals surface area contributed by atoms with Gasteiger partial charge in [0.2, 0.25) is 0 Å². The molecule has 2 heterocycles. The molecule has 13 heteroatoms. The quantitative estimate of drug-likeness (QED) is 0.296. The lowest BCUT2D eigenvalue weighted by Crippen LogP contribution is -2.42. The van der Waals surface area contributed by atoms with E-state index in [4.69, 9.17) is 0 Å². The Bertz CT molecular complexity index is 1220. The molecule has 0 saturated heterocycles. The second kappa shape index (κ2) is 11.8. The normalized spacial score (nSPS) is 15.3. The number of halogens is 4. The Balaban J connectivity index is 0.000000211. The lowest BCUT2D eigenvalue weighted by atomic mass is 9.83. The van der Waals surface area contributed by atoms with Crippen LogP contribution in [0.5, 0.6) is 0 Å². The first-order valence-corrected chi connectivity index (χ1v) is 11.6. The third-order valence-corrected chi connectivity index (χ3v) is 6.18. The number of hydrogen-bond donors (Lipinski definition) is 3. The number of aliphatic hydroxyl groups excluding tert-OH is 1. The minimum Gasteiger partial charge on any atom is -0.390 e. The van der Waals surface area contributed by atoms with Gasteiger partial charge in [-0.05, 0) is 25.0 Å². The van der Waals surface area contributed by atoms with Crippen molar-refractivity contribution in [3.8, 4) is 0 Å². The van der Waals surface area contributed by atoms with Gasteiger partial charge in [-0.2, -0.15) is 10.2 Å². The molecule has 0 spiro atoms. The van der Waals surface area contributed by atoms with Gasteiger partial charge in [0.05, 0.1) is 19.2 Å². The van der Waals surface area contributed by atoms with E-state index in [9.17, 15) is 32.9 Å². The molecule has 38 heavy (non-hydrogen) atoms. The highest BCUT2D eigenvalue weighted by atomic mass is 19.1. The SMILES string of the molecule is CC(C)[C@](O)(Cn1cncn1)c1ccc(F)cc1F.C[C@@H](O)[C@](O)(Cn1cncn1)c1ccc(F)cc1F. The molecule has 0 amide bonds. The van der Waals surface area contributed by atoms with Crippen molar-refractivity contribution in [2.75, 3.05) is 0 Å². The third-order valence-electron chi connectivity index (χ3n) is 6.18. The minimum absolute atomic E-state index is 0.0488. The van der Waals surface area contributed by atoms with Gasteiger partial charge in [-0.15, -0.1) is 0 Å². The van der Waals surface area contributed by atoms with Crippen molar-refractivity contribution in [1.82, 2.24) is 29.5 Å². The van der Waals surface area contributed by atoms with E-state index >= 15 is 0 Å². The molecule has 0 radical (unpaired) electrons. The molecular formula is C25H28F4N6O3. The standard InChI is InChI=1S/C13H15F2N3O.C12H13F2N3O2/c1-9(2)13(19,6-18-8-16-7-17-18)11-4-3-10(14)5-12(11)15;1-8(18)12(19,5-17-7-15-6-16-17)10-3-2-9(13)4-11(10)14/h3-5,7-9,19H,6H2,1-2H3;2-4,6-8,18-19H,5H2,1H3/t13-;8-,12-/m11/s1. The van der Waals surface area contributed by atoms with Crippen molar-refractivity contribution in [3.05, 3.63) is 96.1 Å². The lowest BCUT2D eigenvalue weighted by Gasteiger charge is -2.32. The predicted octanol–water partition coefficient (Wildman–Crippen LogP) is 2.93. The smallest absolute Gasteiger partial charge is 0.137 e. The molecule has 3 atom stereocenters. The highest BCUT2D eigenvalue weighted by Gasteiger charge is 2.38. The number of benzene rings is 2. The molecule has 9 nitrogen and oxygen atoms in total. The maximum atomic E-state index is 13.9. The summed E-state index contributed by atoms with van der Waals surface area (Å²) in [6.07, 6.45) is 4.08. The Morgan fingerprint density at radius 2 is 1.16 bits per heavy atom. The number of aliphatic hydroxyl groups is 3. The van der Waals surface area contributed by atoms with E-state index in [1.807, 2.05) is 0 Å². The van der Waals surface area contributed by atoms with Crippen LogP contribution in [0, 0.1) is 29.2 Å². The second-order valence-corrected chi connectivity index (χ2v) is 9.11. The summed E-state index contributed by atoms with van der Waals surface area (Å²) < 4.78 is 56.2. The molecule has 2 aromatic heterocycles. The molecule has 3 N–H and O–H groups in total. The molecule has 0 aliphatic carbocycles. The molecule has 0 fully saturated rings. The predicted molar refractivity (Wildman–Crippen MR) is 127 cm³/mol. The van der Waals surface area contributed by atoms with E-state index in [0.717, 1.165) is 24.3 Å². The topological polar surface area (TPSA) is 122 Å². The van der Waals surface area contributed by atoms with E-state index in [1.54, 1.807) is 13.8 Å². The Morgan fingerprint density at radius 3 is 1.50 bits per heavy atom. The summed E-state index contributed by atoms with van der Waals surface area (Å²) in [6.45, 7) is 4.69. The molecule has 4 rings (SSSR count). The van der Waals surface area contributed by atoms with Gasteiger partial charge < -0.3 is 15.3 Å². The van der Waals surface area contributed by atoms with Gasteiger partial charge in [0.25, 0.3) is 0 Å². The summed E-state index contributed by atoms with van der Waals surface area (Å²) in [4.78, 5) is 7.48. The van der Waals surface area contributed by atoms with Gasteiger partial charge in [-0.25, -0.2) is 36.9 Å². The largest absolute Gasteiger partial charge is 0.390 e. The van der Waals surface area contributed by atoms with Crippen molar-refractivity contribution >= 4 is 0 Å². The molecule has 0 aliphatic rings. The third kappa shape index (κ3) is 6.41. The van der Waals surface area contributed by atoms with Gasteiger partial charge in [0.15, 0.2) is 0 Å². The summed E-state index contributed by atoms with van der Waals surface area (Å²) in [6, 6.07) is 5.95. The molecular weight excluding hydrogens is 508 g/mol. The second-order valence-electron chi connectivity index (χ2n) is 9.11. The van der Waals surface area contributed by atoms with E-state index in [-0.39, 0.29) is 30.1 Å². The molecule has 0 saturated carbocycles.